The van der Waals surface area contributed by atoms with Crippen LogP contribution < -0.4 is 4.90 Å². The molecule has 2 aromatic carbocycles. The minimum absolute atomic E-state index is 0.247. The summed E-state index contributed by atoms with van der Waals surface area (Å²) in [4.78, 5) is 28.4. The number of pyridine rings is 1. The predicted octanol–water partition coefficient (Wildman–Crippen LogP) is 5.18. The zero-order valence-corrected chi connectivity index (χ0v) is 16.6. The van der Waals surface area contributed by atoms with Gasteiger partial charge in [-0.2, -0.15) is 4.98 Å². The number of carbonyl (C=O) groups excluding carboxylic acids is 1. The lowest BCUT2D eigenvalue weighted by molar-refractivity contribution is -0.113. The molecule has 1 aliphatic rings. The van der Waals surface area contributed by atoms with Crippen molar-refractivity contribution in [3.05, 3.63) is 94.8 Å². The van der Waals surface area contributed by atoms with E-state index in [0.717, 1.165) is 15.8 Å². The summed E-state index contributed by atoms with van der Waals surface area (Å²) in [5.74, 6) is 0.288. The van der Waals surface area contributed by atoms with Crippen LogP contribution in [0, 0.1) is 0 Å². The van der Waals surface area contributed by atoms with Crippen LogP contribution in [0.25, 0.3) is 16.4 Å². The topological polar surface area (TPSA) is 58.5 Å². The first-order valence-electron chi connectivity index (χ1n) is 8.87. The molecule has 5 rings (SSSR count). The molecule has 2 aromatic heterocycles. The van der Waals surface area contributed by atoms with E-state index in [1.54, 1.807) is 23.2 Å². The van der Waals surface area contributed by atoms with Gasteiger partial charge in [-0.1, -0.05) is 71.5 Å². The van der Waals surface area contributed by atoms with Gasteiger partial charge in [-0.15, -0.1) is 0 Å². The second-order valence-electron chi connectivity index (χ2n) is 6.31. The van der Waals surface area contributed by atoms with E-state index in [2.05, 4.69) is 15.0 Å². The molecule has 0 spiro atoms. The minimum Gasteiger partial charge on any atom is -0.266 e. The number of carbonyl (C=O) groups is 1. The van der Waals surface area contributed by atoms with Crippen molar-refractivity contribution in [3.8, 4) is 0 Å². The van der Waals surface area contributed by atoms with E-state index < -0.39 is 0 Å². The third kappa shape index (κ3) is 3.22. The second-order valence-corrected chi connectivity index (χ2v) is 7.73. The maximum Gasteiger partial charge on any atom is 0.284 e. The number of benzene rings is 2. The van der Waals surface area contributed by atoms with Crippen LogP contribution in [0.4, 0.5) is 5.13 Å². The number of nitrogens with zero attached hydrogens (tertiary/aromatic N) is 4. The standard InChI is InChI=1S/C22H13ClN4OS/c23-16-10-5-4-9-15(16)13-17-21(28)27(20(25-17)14-7-2-1-3-8-14)22-26-19-18(29-22)11-6-12-24-19/h1-13H/b17-13+. The number of aliphatic imine (C=N–C) groups is 1. The predicted molar refractivity (Wildman–Crippen MR) is 117 cm³/mol. The summed E-state index contributed by atoms with van der Waals surface area (Å²) in [5, 5.41) is 1.10. The number of amides is 1. The van der Waals surface area contributed by atoms with Crippen LogP contribution in [0.5, 0.6) is 0 Å². The van der Waals surface area contributed by atoms with Crippen molar-refractivity contribution < 1.29 is 4.79 Å². The molecular formula is C22H13ClN4OS. The zero-order valence-electron chi connectivity index (χ0n) is 15.0. The Morgan fingerprint density at radius 3 is 2.55 bits per heavy atom. The Morgan fingerprint density at radius 2 is 1.76 bits per heavy atom. The summed E-state index contributed by atoms with van der Waals surface area (Å²) in [6, 6.07) is 20.7. The Hall–Kier alpha value is -3.35. The lowest BCUT2D eigenvalue weighted by atomic mass is 10.2. The van der Waals surface area contributed by atoms with Crippen LogP contribution in [-0.2, 0) is 4.79 Å². The van der Waals surface area contributed by atoms with Crippen molar-refractivity contribution in [1.82, 2.24) is 9.97 Å². The number of rotatable bonds is 3. The maximum atomic E-state index is 13.3. The Labute approximate surface area is 175 Å². The second kappa shape index (κ2) is 7.24. The van der Waals surface area contributed by atoms with E-state index in [-0.39, 0.29) is 5.91 Å². The zero-order chi connectivity index (χ0) is 19.8. The van der Waals surface area contributed by atoms with Gasteiger partial charge in [0.25, 0.3) is 5.91 Å². The van der Waals surface area contributed by atoms with E-state index in [9.17, 15) is 4.79 Å². The largest absolute Gasteiger partial charge is 0.284 e. The molecule has 0 saturated carbocycles. The van der Waals surface area contributed by atoms with Crippen LogP contribution in [0.1, 0.15) is 11.1 Å². The van der Waals surface area contributed by atoms with Gasteiger partial charge in [-0.25, -0.2) is 14.9 Å². The molecule has 0 N–H and O–H groups in total. The van der Waals surface area contributed by atoms with Gasteiger partial charge in [0.05, 0.1) is 4.70 Å². The third-order valence-corrected chi connectivity index (χ3v) is 5.77. The van der Waals surface area contributed by atoms with E-state index in [0.29, 0.717) is 27.3 Å². The van der Waals surface area contributed by atoms with Gasteiger partial charge in [0, 0.05) is 16.8 Å². The molecule has 1 amide bonds. The first-order chi connectivity index (χ1) is 14.2. The normalized spacial score (nSPS) is 15.3. The maximum absolute atomic E-state index is 13.3. The summed E-state index contributed by atoms with van der Waals surface area (Å²) < 4.78 is 0.909. The van der Waals surface area contributed by atoms with E-state index in [1.807, 2.05) is 60.7 Å². The number of aromatic nitrogens is 2. The summed E-state index contributed by atoms with van der Waals surface area (Å²) in [5.41, 5.74) is 2.48. The molecule has 0 unspecified atom stereocenters. The van der Waals surface area contributed by atoms with Crippen LogP contribution in [0.2, 0.25) is 5.02 Å². The van der Waals surface area contributed by atoms with Crippen LogP contribution in [0.15, 0.2) is 83.6 Å². The van der Waals surface area contributed by atoms with Crippen molar-refractivity contribution in [3.63, 3.8) is 0 Å². The van der Waals surface area contributed by atoms with Crippen molar-refractivity contribution in [1.29, 1.82) is 0 Å². The average Bonchev–Trinajstić information content (AvgIpc) is 3.31. The fourth-order valence-corrected chi connectivity index (χ4v) is 4.18. The Kier molecular flexibility index (Phi) is 4.42. The fourth-order valence-electron chi connectivity index (χ4n) is 3.07. The summed E-state index contributed by atoms with van der Waals surface area (Å²) in [6.07, 6.45) is 3.39. The smallest absolute Gasteiger partial charge is 0.266 e. The van der Waals surface area contributed by atoms with Crippen molar-refractivity contribution in [2.75, 3.05) is 4.90 Å². The first kappa shape index (κ1) is 17.7. The van der Waals surface area contributed by atoms with Crippen LogP contribution >= 0.6 is 22.9 Å². The number of thiazole rings is 1. The van der Waals surface area contributed by atoms with Gasteiger partial charge >= 0.3 is 0 Å². The Morgan fingerprint density at radius 1 is 0.966 bits per heavy atom. The molecular weight excluding hydrogens is 404 g/mol. The quantitative estimate of drug-likeness (QED) is 0.432. The average molecular weight is 417 g/mol. The summed E-state index contributed by atoms with van der Waals surface area (Å²) >= 11 is 7.68. The first-order valence-corrected chi connectivity index (χ1v) is 10.1. The Bertz CT molecular complexity index is 1260. The van der Waals surface area contributed by atoms with Crippen LogP contribution in [0.3, 0.4) is 0 Å². The fraction of sp³-hybridized carbons (Fsp3) is 0. The molecule has 0 aliphatic carbocycles. The van der Waals surface area contributed by atoms with E-state index >= 15 is 0 Å². The van der Waals surface area contributed by atoms with Crippen molar-refractivity contribution in [2.45, 2.75) is 0 Å². The number of hydrogen-bond donors (Lipinski definition) is 0. The lowest BCUT2D eigenvalue weighted by Gasteiger charge is -2.14. The molecule has 1 aliphatic heterocycles. The lowest BCUT2D eigenvalue weighted by Crippen LogP contribution is -2.32. The highest BCUT2D eigenvalue weighted by molar-refractivity contribution is 7.22. The molecule has 140 valence electrons. The highest BCUT2D eigenvalue weighted by Crippen LogP contribution is 2.33. The monoisotopic (exact) mass is 416 g/mol. The van der Waals surface area contributed by atoms with Gasteiger partial charge in [-0.3, -0.25) is 4.79 Å². The Balaban J connectivity index is 1.66. The van der Waals surface area contributed by atoms with Crippen molar-refractivity contribution in [2.24, 2.45) is 4.99 Å². The van der Waals surface area contributed by atoms with E-state index in [1.165, 1.54) is 11.3 Å². The molecule has 0 saturated heterocycles. The van der Waals surface area contributed by atoms with Crippen LogP contribution in [-0.4, -0.2) is 21.7 Å². The molecule has 29 heavy (non-hydrogen) atoms. The molecule has 4 aromatic rings. The van der Waals surface area contributed by atoms with Gasteiger partial charge < -0.3 is 0 Å². The third-order valence-electron chi connectivity index (χ3n) is 4.43. The SMILES string of the molecule is O=C1/C(=C\c2ccccc2Cl)N=C(c2ccccc2)N1c1nc2ncccc2s1. The van der Waals surface area contributed by atoms with Gasteiger partial charge in [0.2, 0.25) is 5.13 Å². The summed E-state index contributed by atoms with van der Waals surface area (Å²) in [6.45, 7) is 0. The molecule has 0 bridgehead atoms. The van der Waals surface area contributed by atoms with Gasteiger partial charge in [-0.05, 0) is 29.8 Å². The van der Waals surface area contributed by atoms with Crippen molar-refractivity contribution >= 4 is 56.2 Å². The summed E-state index contributed by atoms with van der Waals surface area (Å²) in [7, 11) is 0. The number of fused-ring (bicyclic) bond motifs is 1. The van der Waals surface area contributed by atoms with E-state index in [4.69, 9.17) is 11.6 Å². The highest BCUT2D eigenvalue weighted by atomic mass is 35.5. The number of hydrogen-bond acceptors (Lipinski definition) is 5. The van der Waals surface area contributed by atoms with Gasteiger partial charge in [0.15, 0.2) is 5.65 Å². The number of anilines is 1. The molecule has 0 fully saturated rings. The number of amidine groups is 1. The number of halogens is 1. The molecule has 5 nitrogen and oxygen atoms in total. The molecule has 3 heterocycles. The molecule has 0 atom stereocenters. The highest BCUT2D eigenvalue weighted by Gasteiger charge is 2.34. The molecule has 0 radical (unpaired) electrons. The minimum atomic E-state index is -0.247. The van der Waals surface area contributed by atoms with Gasteiger partial charge in [0.1, 0.15) is 11.5 Å². The molecule has 7 heteroatoms.